The molecule has 6 fully saturated rings. The Kier molecular flexibility index (Phi) is 13.6. The minimum atomic E-state index is -2.26. The molecule has 2 aliphatic heterocycles. The molecule has 0 aromatic rings. The van der Waals surface area contributed by atoms with Crippen molar-refractivity contribution in [2.75, 3.05) is 13.2 Å². The van der Waals surface area contributed by atoms with Crippen LogP contribution >= 0.6 is 0 Å². The number of aliphatic carboxylic acids is 3. The Morgan fingerprint density at radius 1 is 0.769 bits per heavy atom. The Morgan fingerprint density at radius 3 is 2.08 bits per heavy atom. The number of aliphatic hydroxyl groups is 6. The van der Waals surface area contributed by atoms with Crippen molar-refractivity contribution in [3.8, 4) is 0 Å². The number of carboxylic acids is 3. The summed E-state index contributed by atoms with van der Waals surface area (Å²) < 4.78 is 33.9. The van der Waals surface area contributed by atoms with Gasteiger partial charge in [0, 0.05) is 0 Å². The maximum atomic E-state index is 14.6. The zero-order valence-electron chi connectivity index (χ0n) is 38.3. The molecular weight excluding hydrogens is 856 g/mol. The summed E-state index contributed by atoms with van der Waals surface area (Å²) >= 11 is 0. The van der Waals surface area contributed by atoms with E-state index < -0.39 is 122 Å². The molecule has 5 aliphatic carbocycles. The molecule has 19 atom stereocenters. The highest BCUT2D eigenvalue weighted by Gasteiger charge is 2.70. The second kappa shape index (κ2) is 17.6. The number of carbonyl (C=O) groups excluding carboxylic acids is 1. The molecule has 19 nitrogen and oxygen atoms in total. The van der Waals surface area contributed by atoms with Crippen LogP contribution in [0, 0.1) is 50.2 Å². The van der Waals surface area contributed by atoms with Gasteiger partial charge in [0.2, 0.25) is 6.29 Å². The summed E-state index contributed by atoms with van der Waals surface area (Å²) in [6.07, 6.45) is -10.9. The molecule has 2 saturated heterocycles. The monoisotopic (exact) mass is 926 g/mol. The molecule has 19 unspecified atom stereocenters. The molecule has 0 spiro atoms. The van der Waals surface area contributed by atoms with Crippen molar-refractivity contribution in [3.05, 3.63) is 11.6 Å². The molecule has 2 heterocycles. The van der Waals surface area contributed by atoms with Crippen LogP contribution < -0.4 is 0 Å². The van der Waals surface area contributed by atoms with Gasteiger partial charge >= 0.3 is 23.9 Å². The lowest BCUT2D eigenvalue weighted by Gasteiger charge is -2.71. The highest BCUT2D eigenvalue weighted by Crippen LogP contribution is 2.76. The van der Waals surface area contributed by atoms with Gasteiger partial charge in [-0.15, -0.1) is 0 Å². The van der Waals surface area contributed by atoms with Crippen molar-refractivity contribution in [1.82, 2.24) is 0 Å². The maximum Gasteiger partial charge on any atom is 0.361 e. The number of hydrogen-bond acceptors (Lipinski definition) is 16. The van der Waals surface area contributed by atoms with Gasteiger partial charge in [-0.2, -0.15) is 0 Å². The second-order valence-electron chi connectivity index (χ2n) is 22.2. The fourth-order valence-electron chi connectivity index (χ4n) is 14.1. The van der Waals surface area contributed by atoms with E-state index in [4.69, 9.17) is 33.5 Å². The summed E-state index contributed by atoms with van der Waals surface area (Å²) in [5, 5.41) is 92.4. The number of hydrogen-bond donors (Lipinski definition) is 9. The van der Waals surface area contributed by atoms with Gasteiger partial charge in [-0.05, 0) is 109 Å². The predicted octanol–water partition coefficient (Wildman–Crippen LogP) is 1.94. The average molecular weight is 927 g/mol. The van der Waals surface area contributed by atoms with Gasteiger partial charge in [0.05, 0.1) is 18.1 Å². The fraction of sp³-hybridized carbons (Fsp3) is 0.870. The van der Waals surface area contributed by atoms with E-state index >= 15 is 0 Å². The van der Waals surface area contributed by atoms with E-state index in [-0.39, 0.29) is 39.4 Å². The van der Waals surface area contributed by atoms with Crippen LogP contribution in [0.4, 0.5) is 0 Å². The van der Waals surface area contributed by atoms with Crippen LogP contribution in [0.5, 0.6) is 0 Å². The van der Waals surface area contributed by atoms with E-state index in [0.29, 0.717) is 32.1 Å². The summed E-state index contributed by atoms with van der Waals surface area (Å²) in [5.74, 6) is -5.31. The molecule has 19 heteroatoms. The van der Waals surface area contributed by atoms with Gasteiger partial charge in [-0.1, -0.05) is 60.1 Å². The molecule has 0 bridgehead atoms. The molecule has 4 saturated carbocycles. The topological polar surface area (TPSA) is 306 Å². The summed E-state index contributed by atoms with van der Waals surface area (Å²) in [6.45, 7) is 14.0. The third-order valence-corrected chi connectivity index (χ3v) is 18.0. The normalized spacial score (nSPS) is 47.1. The molecule has 7 aliphatic rings. The van der Waals surface area contributed by atoms with Gasteiger partial charge < -0.3 is 74.4 Å². The minimum absolute atomic E-state index is 0.0737. The van der Waals surface area contributed by atoms with Crippen LogP contribution in [0.1, 0.15) is 113 Å². The number of esters is 1. The molecule has 9 N–H and O–H groups in total. The van der Waals surface area contributed by atoms with Crippen LogP contribution in [0.2, 0.25) is 0 Å². The molecule has 0 aromatic carbocycles. The SMILES string of the molecule is CC1(C)CCC2(C(=O)OC3OC(CO)C(O)C(O)C3O)CCC3(C)C(=CCC4C5(C)CCC(OC6OC(C(=O)O)C(O)C(OC(OCC(=O)O)C(=O)O)C6O)C(C)(C)C5CCC43C)C2C1. The number of aliphatic hydroxyl groups excluding tert-OH is 6. The van der Waals surface area contributed by atoms with E-state index in [2.05, 4.69) is 54.5 Å². The van der Waals surface area contributed by atoms with Crippen LogP contribution in [0.25, 0.3) is 0 Å². The number of rotatable bonds is 12. The molecule has 0 radical (unpaired) electrons. The summed E-state index contributed by atoms with van der Waals surface area (Å²) in [6, 6.07) is 0. The maximum absolute atomic E-state index is 14.6. The average Bonchev–Trinajstić information content (AvgIpc) is 3.22. The van der Waals surface area contributed by atoms with E-state index in [1.54, 1.807) is 0 Å². The van der Waals surface area contributed by atoms with Crippen molar-refractivity contribution in [1.29, 1.82) is 0 Å². The zero-order valence-corrected chi connectivity index (χ0v) is 38.3. The number of fused-ring (bicyclic) bond motifs is 7. The van der Waals surface area contributed by atoms with E-state index in [1.165, 1.54) is 5.57 Å². The predicted molar refractivity (Wildman–Crippen MR) is 222 cm³/mol. The molecule has 0 aromatic heterocycles. The minimum Gasteiger partial charge on any atom is -0.480 e. The van der Waals surface area contributed by atoms with Crippen LogP contribution in [-0.2, 0) is 47.6 Å². The lowest BCUT2D eigenvalue weighted by molar-refractivity contribution is -0.339. The third-order valence-electron chi connectivity index (χ3n) is 18.0. The second-order valence-corrected chi connectivity index (χ2v) is 22.2. The summed E-state index contributed by atoms with van der Waals surface area (Å²) in [7, 11) is 0. The van der Waals surface area contributed by atoms with E-state index in [9.17, 15) is 60.0 Å². The molecule has 368 valence electrons. The Morgan fingerprint density at radius 2 is 1.45 bits per heavy atom. The van der Waals surface area contributed by atoms with E-state index in [0.717, 1.165) is 32.1 Å². The van der Waals surface area contributed by atoms with Gasteiger partial charge in [0.1, 0.15) is 49.3 Å². The van der Waals surface area contributed by atoms with Crippen LogP contribution in [0.3, 0.4) is 0 Å². The van der Waals surface area contributed by atoms with E-state index in [1.807, 2.05) is 0 Å². The van der Waals surface area contributed by atoms with Gasteiger partial charge in [0.15, 0.2) is 12.4 Å². The summed E-state index contributed by atoms with van der Waals surface area (Å²) in [4.78, 5) is 49.9. The first-order valence-electron chi connectivity index (χ1n) is 23.0. The van der Waals surface area contributed by atoms with Gasteiger partial charge in [-0.25, -0.2) is 14.4 Å². The van der Waals surface area contributed by atoms with Gasteiger partial charge in [-0.3, -0.25) is 4.79 Å². The van der Waals surface area contributed by atoms with Gasteiger partial charge in [0.25, 0.3) is 6.29 Å². The van der Waals surface area contributed by atoms with Crippen molar-refractivity contribution in [2.45, 2.75) is 186 Å². The number of carboxylic acid groups (broad SMARTS) is 3. The first kappa shape index (κ1) is 50.1. The van der Waals surface area contributed by atoms with Crippen LogP contribution in [0.15, 0.2) is 11.6 Å². The molecule has 7 rings (SSSR count). The summed E-state index contributed by atoms with van der Waals surface area (Å²) in [5.41, 5.74) is -1.08. The lowest BCUT2D eigenvalue weighted by atomic mass is 9.33. The number of allylic oxidation sites excluding steroid dienone is 2. The highest BCUT2D eigenvalue weighted by molar-refractivity contribution is 5.79. The third kappa shape index (κ3) is 8.25. The smallest absolute Gasteiger partial charge is 0.361 e. The standard InChI is InChI=1S/C46H70O19/c1-41(2)14-16-46(40(59)65-37-30(52)29(51)28(50)23(19-47)61-37)17-15-44(6)21(22(46)18-41)8-9-25-43(5)12-11-26(42(3,4)24(43)10-13-45(25,44)7)62-38-32(54)33(31(53)34(64-38)35(55)56)63-39(36(57)58)60-20-27(48)49/h8,22-26,28-34,37-39,47,50-54H,9-20H2,1-7H3,(H,48,49)(H,55,56)(H,57,58). The Hall–Kier alpha value is -2.82. The quantitative estimate of drug-likeness (QED) is 0.0585. The van der Waals surface area contributed by atoms with Crippen molar-refractivity contribution in [2.24, 2.45) is 50.2 Å². The first-order valence-corrected chi connectivity index (χ1v) is 23.0. The van der Waals surface area contributed by atoms with Crippen LogP contribution in [-0.4, -0.2) is 157 Å². The lowest BCUT2D eigenvalue weighted by Crippen LogP contribution is -2.66. The molecule has 65 heavy (non-hydrogen) atoms. The first-order chi connectivity index (χ1) is 30.2. The van der Waals surface area contributed by atoms with Crippen molar-refractivity contribution in [3.63, 3.8) is 0 Å². The Bertz CT molecular complexity index is 1870. The largest absolute Gasteiger partial charge is 0.480 e. The number of carbonyl (C=O) groups is 4. The Balaban J connectivity index is 1.13. The molecule has 0 amide bonds. The fourth-order valence-corrected chi connectivity index (χ4v) is 14.1. The zero-order chi connectivity index (χ0) is 48.0. The highest BCUT2D eigenvalue weighted by atomic mass is 16.7. The number of ether oxygens (including phenoxy) is 6. The van der Waals surface area contributed by atoms with Crippen molar-refractivity contribution < 1.29 is 93.6 Å². The Labute approximate surface area is 378 Å². The molecular formula is C46H70O19. The van der Waals surface area contributed by atoms with Crippen molar-refractivity contribution >= 4 is 23.9 Å².